The topological polar surface area (TPSA) is 65.0 Å². The highest BCUT2D eigenvalue weighted by atomic mass is 16.5. The molecule has 0 unspecified atom stereocenters. The van der Waals surface area contributed by atoms with Gasteiger partial charge in [0.15, 0.2) is 5.78 Å². The molecule has 2 atom stereocenters. The summed E-state index contributed by atoms with van der Waals surface area (Å²) in [5, 5.41) is 11.8. The van der Waals surface area contributed by atoms with E-state index in [9.17, 15) is 9.90 Å². The number of Topliss-reactive ketones (excluding diaryl/α,β-unsaturated/α-hetero) is 1. The Morgan fingerprint density at radius 2 is 1.86 bits per heavy atom. The van der Waals surface area contributed by atoms with E-state index in [4.69, 9.17) is 14.2 Å². The molecule has 116 valence electrons. The highest BCUT2D eigenvalue weighted by Crippen LogP contribution is 2.46. The van der Waals surface area contributed by atoms with Crippen LogP contribution in [-0.2, 0) is 0 Å². The van der Waals surface area contributed by atoms with Crippen molar-refractivity contribution in [1.82, 2.24) is 0 Å². The van der Waals surface area contributed by atoms with Crippen molar-refractivity contribution in [2.75, 3.05) is 14.2 Å². The molecule has 1 N–H and O–H groups in total. The van der Waals surface area contributed by atoms with Crippen LogP contribution in [0.25, 0.3) is 10.8 Å². The standard InChI is InChI=1S/C17H18O5/c1-8-9(2)22-13-6-10-5-11(20-3)7-12(21-4)14(10)17(19)15(13)16(8)18/h5-9,19H,1-4H3/t8-,9+/m1/s1. The summed E-state index contributed by atoms with van der Waals surface area (Å²) < 4.78 is 16.4. The monoisotopic (exact) mass is 302 g/mol. The maximum Gasteiger partial charge on any atom is 0.176 e. The maximum atomic E-state index is 12.5. The lowest BCUT2D eigenvalue weighted by Crippen LogP contribution is -2.33. The molecule has 2 aromatic rings. The van der Waals surface area contributed by atoms with Crippen LogP contribution in [0.3, 0.4) is 0 Å². The number of carbonyl (C=O) groups is 1. The highest BCUT2D eigenvalue weighted by molar-refractivity contribution is 6.10. The van der Waals surface area contributed by atoms with Gasteiger partial charge in [0.2, 0.25) is 0 Å². The maximum absolute atomic E-state index is 12.5. The number of phenolic OH excluding ortho intramolecular Hbond substituents is 1. The Morgan fingerprint density at radius 3 is 2.50 bits per heavy atom. The predicted molar refractivity (Wildman–Crippen MR) is 82.3 cm³/mol. The van der Waals surface area contributed by atoms with Gasteiger partial charge in [0.25, 0.3) is 0 Å². The molecule has 0 saturated heterocycles. The van der Waals surface area contributed by atoms with Crippen LogP contribution >= 0.6 is 0 Å². The van der Waals surface area contributed by atoms with Gasteiger partial charge < -0.3 is 19.3 Å². The normalized spacial score (nSPS) is 20.5. The Labute approximate surface area is 128 Å². The van der Waals surface area contributed by atoms with Crippen LogP contribution in [0.2, 0.25) is 0 Å². The number of phenols is 1. The second-order valence-electron chi connectivity index (χ2n) is 5.50. The van der Waals surface area contributed by atoms with Crippen molar-refractivity contribution in [3.05, 3.63) is 23.8 Å². The minimum absolute atomic E-state index is 0.101. The third-order valence-corrected chi connectivity index (χ3v) is 4.25. The zero-order valence-corrected chi connectivity index (χ0v) is 13.0. The first-order chi connectivity index (χ1) is 10.5. The van der Waals surface area contributed by atoms with Gasteiger partial charge in [-0.1, -0.05) is 6.92 Å². The molecular formula is C17H18O5. The number of fused-ring (bicyclic) bond motifs is 2. The molecule has 5 nitrogen and oxygen atoms in total. The van der Waals surface area contributed by atoms with Crippen molar-refractivity contribution in [3.63, 3.8) is 0 Å². The van der Waals surface area contributed by atoms with Gasteiger partial charge in [0.1, 0.15) is 34.7 Å². The lowest BCUT2D eigenvalue weighted by molar-refractivity contribution is 0.0726. The van der Waals surface area contributed by atoms with Crippen molar-refractivity contribution >= 4 is 16.6 Å². The van der Waals surface area contributed by atoms with E-state index < -0.39 is 0 Å². The first kappa shape index (κ1) is 14.5. The SMILES string of the molecule is COc1cc(OC)c2c(O)c3c(cc2c1)O[C@@H](C)[C@@H](C)C3=O. The fourth-order valence-corrected chi connectivity index (χ4v) is 2.79. The number of carbonyl (C=O) groups excluding carboxylic acids is 1. The van der Waals surface area contributed by atoms with Crippen LogP contribution in [0, 0.1) is 5.92 Å². The predicted octanol–water partition coefficient (Wildman–Crippen LogP) is 3.16. The first-order valence-electron chi connectivity index (χ1n) is 7.10. The number of benzene rings is 2. The van der Waals surface area contributed by atoms with Gasteiger partial charge in [-0.15, -0.1) is 0 Å². The van der Waals surface area contributed by atoms with E-state index in [-0.39, 0.29) is 29.1 Å². The van der Waals surface area contributed by atoms with E-state index in [2.05, 4.69) is 0 Å². The molecule has 5 heteroatoms. The molecule has 0 amide bonds. The Morgan fingerprint density at radius 1 is 1.14 bits per heavy atom. The number of rotatable bonds is 2. The fraction of sp³-hybridized carbons (Fsp3) is 0.353. The van der Waals surface area contributed by atoms with Crippen molar-refractivity contribution in [2.24, 2.45) is 5.92 Å². The third-order valence-electron chi connectivity index (χ3n) is 4.25. The molecule has 2 aromatic carbocycles. The van der Waals surface area contributed by atoms with Crippen LogP contribution in [0.5, 0.6) is 23.0 Å². The molecule has 3 rings (SSSR count). The number of hydrogen-bond donors (Lipinski definition) is 1. The van der Waals surface area contributed by atoms with E-state index in [1.807, 2.05) is 6.92 Å². The molecule has 22 heavy (non-hydrogen) atoms. The van der Waals surface area contributed by atoms with Crippen LogP contribution in [0.4, 0.5) is 0 Å². The van der Waals surface area contributed by atoms with E-state index in [1.165, 1.54) is 7.11 Å². The van der Waals surface area contributed by atoms with Gasteiger partial charge in [-0.05, 0) is 24.4 Å². The summed E-state index contributed by atoms with van der Waals surface area (Å²) >= 11 is 0. The highest BCUT2D eigenvalue weighted by Gasteiger charge is 2.35. The summed E-state index contributed by atoms with van der Waals surface area (Å²) in [5.74, 6) is 0.929. The van der Waals surface area contributed by atoms with E-state index in [0.29, 0.717) is 28.0 Å². The van der Waals surface area contributed by atoms with E-state index in [1.54, 1.807) is 32.2 Å². The average molecular weight is 302 g/mol. The number of hydrogen-bond acceptors (Lipinski definition) is 5. The second-order valence-corrected chi connectivity index (χ2v) is 5.50. The lowest BCUT2D eigenvalue weighted by Gasteiger charge is -2.29. The quantitative estimate of drug-likeness (QED) is 0.923. The number of ether oxygens (including phenoxy) is 3. The van der Waals surface area contributed by atoms with Gasteiger partial charge in [0.05, 0.1) is 25.5 Å². The van der Waals surface area contributed by atoms with Crippen molar-refractivity contribution < 1.29 is 24.1 Å². The Bertz CT molecular complexity index is 765. The van der Waals surface area contributed by atoms with Crippen LogP contribution < -0.4 is 14.2 Å². The van der Waals surface area contributed by atoms with Gasteiger partial charge in [-0.2, -0.15) is 0 Å². The van der Waals surface area contributed by atoms with Crippen molar-refractivity contribution in [1.29, 1.82) is 0 Å². The van der Waals surface area contributed by atoms with Gasteiger partial charge in [-0.25, -0.2) is 0 Å². The zero-order chi connectivity index (χ0) is 16.0. The molecule has 1 aliphatic rings. The summed E-state index contributed by atoms with van der Waals surface area (Å²) in [6, 6.07) is 5.19. The number of aromatic hydroxyl groups is 1. The minimum atomic E-state index is -0.305. The first-order valence-corrected chi connectivity index (χ1v) is 7.10. The largest absolute Gasteiger partial charge is 0.506 e. The lowest BCUT2D eigenvalue weighted by atomic mass is 9.89. The molecule has 1 heterocycles. The summed E-state index contributed by atoms with van der Waals surface area (Å²) in [7, 11) is 3.07. The molecule has 0 bridgehead atoms. The van der Waals surface area contributed by atoms with Crippen LogP contribution in [0.15, 0.2) is 18.2 Å². The van der Waals surface area contributed by atoms with Gasteiger partial charge in [-0.3, -0.25) is 4.79 Å². The Balaban J connectivity index is 2.36. The molecule has 0 saturated carbocycles. The summed E-state index contributed by atoms with van der Waals surface area (Å²) in [6.45, 7) is 3.64. The number of methoxy groups -OCH3 is 2. The van der Waals surface area contributed by atoms with Gasteiger partial charge in [0, 0.05) is 6.07 Å². The van der Waals surface area contributed by atoms with Crippen LogP contribution in [0.1, 0.15) is 24.2 Å². The minimum Gasteiger partial charge on any atom is -0.506 e. The summed E-state index contributed by atoms with van der Waals surface area (Å²) in [5.41, 5.74) is 0.224. The average Bonchev–Trinajstić information content (AvgIpc) is 2.51. The van der Waals surface area contributed by atoms with Gasteiger partial charge >= 0.3 is 0 Å². The molecule has 0 aromatic heterocycles. The molecule has 0 fully saturated rings. The zero-order valence-electron chi connectivity index (χ0n) is 13.0. The Hall–Kier alpha value is -2.43. The van der Waals surface area contributed by atoms with Crippen molar-refractivity contribution in [3.8, 4) is 23.0 Å². The summed E-state index contributed by atoms with van der Waals surface area (Å²) in [4.78, 5) is 12.5. The molecular weight excluding hydrogens is 284 g/mol. The molecule has 1 aliphatic heterocycles. The van der Waals surface area contributed by atoms with E-state index in [0.717, 1.165) is 0 Å². The molecule has 0 radical (unpaired) electrons. The molecule has 0 aliphatic carbocycles. The van der Waals surface area contributed by atoms with Crippen molar-refractivity contribution in [2.45, 2.75) is 20.0 Å². The molecule has 0 spiro atoms. The fourth-order valence-electron chi connectivity index (χ4n) is 2.79. The summed E-state index contributed by atoms with van der Waals surface area (Å²) in [6.07, 6.45) is -0.232. The number of ketones is 1. The smallest absolute Gasteiger partial charge is 0.176 e. The van der Waals surface area contributed by atoms with E-state index >= 15 is 0 Å². The van der Waals surface area contributed by atoms with Crippen LogP contribution in [-0.4, -0.2) is 31.2 Å². The Kier molecular flexibility index (Phi) is 3.35. The third kappa shape index (κ3) is 1.96. The second kappa shape index (κ2) is 5.09.